The molecule has 0 aliphatic carbocycles. The largest absolute Gasteiger partial charge is 0.320 e. The van der Waals surface area contributed by atoms with Gasteiger partial charge in [0, 0.05) is 22.8 Å². The molecule has 2 aromatic carbocycles. The topological polar surface area (TPSA) is 46.4 Å². The van der Waals surface area contributed by atoms with Gasteiger partial charge in [0.05, 0.1) is 5.69 Å². The Kier molecular flexibility index (Phi) is 4.05. The van der Waals surface area contributed by atoms with E-state index in [0.29, 0.717) is 11.4 Å². The fourth-order valence-electron chi connectivity index (χ4n) is 2.85. The van der Waals surface area contributed by atoms with E-state index in [9.17, 15) is 9.18 Å². The van der Waals surface area contributed by atoms with E-state index in [1.807, 2.05) is 32.0 Å². The number of benzene rings is 2. The van der Waals surface area contributed by atoms with Gasteiger partial charge in [-0.25, -0.2) is 9.37 Å². The first-order valence-electron chi connectivity index (χ1n) is 8.12. The van der Waals surface area contributed by atoms with Crippen LogP contribution in [0.4, 0.5) is 10.1 Å². The standard InChI is InChI=1S/C20H16FN3OS/c1-12-3-8-16(13(2)9-12)22-19(25)18-11-26-20-23-17(10-24(18)20)14-4-6-15(21)7-5-14/h3-11H,1-2H3,(H,22,25). The average molecular weight is 365 g/mol. The number of hydrogen-bond donors (Lipinski definition) is 1. The van der Waals surface area contributed by atoms with Crippen LogP contribution in [0.25, 0.3) is 16.2 Å². The second kappa shape index (κ2) is 6.38. The predicted molar refractivity (Wildman–Crippen MR) is 102 cm³/mol. The first kappa shape index (κ1) is 16.5. The molecule has 1 amide bonds. The number of fused-ring (bicyclic) bond motifs is 1. The molecule has 4 nitrogen and oxygen atoms in total. The van der Waals surface area contributed by atoms with E-state index in [2.05, 4.69) is 10.3 Å². The van der Waals surface area contributed by atoms with Crippen LogP contribution >= 0.6 is 11.3 Å². The van der Waals surface area contributed by atoms with Gasteiger partial charge in [-0.2, -0.15) is 0 Å². The lowest BCUT2D eigenvalue weighted by Crippen LogP contribution is -2.14. The number of nitrogens with one attached hydrogen (secondary N) is 1. The van der Waals surface area contributed by atoms with Crippen molar-refractivity contribution >= 4 is 27.9 Å². The lowest BCUT2D eigenvalue weighted by molar-refractivity contribution is 0.102. The molecular weight excluding hydrogens is 349 g/mol. The third-order valence-electron chi connectivity index (χ3n) is 4.21. The van der Waals surface area contributed by atoms with Gasteiger partial charge in [-0.1, -0.05) is 17.7 Å². The zero-order chi connectivity index (χ0) is 18.3. The van der Waals surface area contributed by atoms with Gasteiger partial charge in [-0.05, 0) is 49.7 Å². The molecule has 0 saturated heterocycles. The molecule has 26 heavy (non-hydrogen) atoms. The lowest BCUT2D eigenvalue weighted by atomic mass is 10.1. The van der Waals surface area contributed by atoms with E-state index in [1.165, 1.54) is 23.5 Å². The molecular formula is C20H16FN3OS. The quantitative estimate of drug-likeness (QED) is 0.551. The highest BCUT2D eigenvalue weighted by molar-refractivity contribution is 7.15. The minimum absolute atomic E-state index is 0.189. The van der Waals surface area contributed by atoms with Crippen molar-refractivity contribution in [2.75, 3.05) is 5.32 Å². The molecule has 0 spiro atoms. The van der Waals surface area contributed by atoms with E-state index in [4.69, 9.17) is 0 Å². The van der Waals surface area contributed by atoms with Crippen molar-refractivity contribution in [3.8, 4) is 11.3 Å². The van der Waals surface area contributed by atoms with Gasteiger partial charge in [0.1, 0.15) is 11.5 Å². The van der Waals surface area contributed by atoms with Gasteiger partial charge >= 0.3 is 0 Å². The highest BCUT2D eigenvalue weighted by Crippen LogP contribution is 2.25. The van der Waals surface area contributed by atoms with Crippen molar-refractivity contribution in [3.05, 3.63) is 76.7 Å². The van der Waals surface area contributed by atoms with E-state index in [0.717, 1.165) is 27.3 Å². The van der Waals surface area contributed by atoms with Crippen molar-refractivity contribution < 1.29 is 9.18 Å². The number of amides is 1. The van der Waals surface area contributed by atoms with Crippen LogP contribution in [0.3, 0.4) is 0 Å². The monoisotopic (exact) mass is 365 g/mol. The average Bonchev–Trinajstić information content (AvgIpc) is 3.18. The summed E-state index contributed by atoms with van der Waals surface area (Å²) < 4.78 is 14.9. The van der Waals surface area contributed by atoms with Gasteiger partial charge in [0.15, 0.2) is 4.96 Å². The van der Waals surface area contributed by atoms with E-state index in [1.54, 1.807) is 28.1 Å². The third kappa shape index (κ3) is 2.99. The summed E-state index contributed by atoms with van der Waals surface area (Å²) >= 11 is 1.40. The number of halogens is 1. The van der Waals surface area contributed by atoms with Crippen LogP contribution in [0.5, 0.6) is 0 Å². The normalized spacial score (nSPS) is 11.0. The van der Waals surface area contributed by atoms with Crippen LogP contribution in [0.2, 0.25) is 0 Å². The maximum atomic E-state index is 13.1. The molecule has 0 saturated carbocycles. The fourth-order valence-corrected chi connectivity index (χ4v) is 3.70. The van der Waals surface area contributed by atoms with Crippen LogP contribution in [0.15, 0.2) is 54.0 Å². The van der Waals surface area contributed by atoms with Gasteiger partial charge < -0.3 is 5.32 Å². The summed E-state index contributed by atoms with van der Waals surface area (Å²) in [4.78, 5) is 18.0. The van der Waals surface area contributed by atoms with Crippen molar-refractivity contribution in [1.29, 1.82) is 0 Å². The molecule has 6 heteroatoms. The molecule has 0 unspecified atom stereocenters. The number of carbonyl (C=O) groups is 1. The summed E-state index contributed by atoms with van der Waals surface area (Å²) in [5, 5.41) is 4.75. The number of aryl methyl sites for hydroxylation is 2. The minimum atomic E-state index is -0.289. The molecule has 0 aliphatic rings. The van der Waals surface area contributed by atoms with E-state index in [-0.39, 0.29) is 11.7 Å². The number of anilines is 1. The van der Waals surface area contributed by atoms with Gasteiger partial charge in [0.25, 0.3) is 5.91 Å². The van der Waals surface area contributed by atoms with Crippen LogP contribution < -0.4 is 5.32 Å². The minimum Gasteiger partial charge on any atom is -0.320 e. The summed E-state index contributed by atoms with van der Waals surface area (Å²) in [7, 11) is 0. The summed E-state index contributed by atoms with van der Waals surface area (Å²) in [5.74, 6) is -0.477. The van der Waals surface area contributed by atoms with Crippen LogP contribution in [-0.4, -0.2) is 15.3 Å². The first-order valence-corrected chi connectivity index (χ1v) is 9.00. The zero-order valence-corrected chi connectivity index (χ0v) is 15.1. The van der Waals surface area contributed by atoms with E-state index < -0.39 is 0 Å². The molecule has 0 atom stereocenters. The molecule has 1 N–H and O–H groups in total. The Balaban J connectivity index is 1.66. The Morgan fingerprint density at radius 2 is 1.92 bits per heavy atom. The number of imidazole rings is 1. The van der Waals surface area contributed by atoms with E-state index >= 15 is 0 Å². The molecule has 2 heterocycles. The second-order valence-electron chi connectivity index (χ2n) is 6.18. The molecule has 130 valence electrons. The smallest absolute Gasteiger partial charge is 0.273 e. The number of hydrogen-bond acceptors (Lipinski definition) is 3. The number of carbonyl (C=O) groups excluding carboxylic acids is 1. The van der Waals surface area contributed by atoms with Crippen molar-refractivity contribution in [1.82, 2.24) is 9.38 Å². The molecule has 4 rings (SSSR count). The molecule has 0 bridgehead atoms. The van der Waals surface area contributed by atoms with Gasteiger partial charge in [0.2, 0.25) is 0 Å². The fraction of sp³-hybridized carbons (Fsp3) is 0.100. The Labute approximate surface area is 153 Å². The number of thiazole rings is 1. The summed E-state index contributed by atoms with van der Waals surface area (Å²) in [5.41, 5.74) is 4.99. The number of aromatic nitrogens is 2. The van der Waals surface area contributed by atoms with Gasteiger partial charge in [-0.15, -0.1) is 11.3 Å². The molecule has 0 fully saturated rings. The van der Waals surface area contributed by atoms with Crippen LogP contribution in [0.1, 0.15) is 21.6 Å². The van der Waals surface area contributed by atoms with Crippen LogP contribution in [0, 0.1) is 19.7 Å². The molecule has 0 radical (unpaired) electrons. The SMILES string of the molecule is Cc1ccc(NC(=O)c2csc3nc(-c4ccc(F)cc4)cn23)c(C)c1. The molecule has 2 aromatic heterocycles. The third-order valence-corrected chi connectivity index (χ3v) is 5.05. The van der Waals surface area contributed by atoms with Crippen molar-refractivity contribution in [3.63, 3.8) is 0 Å². The Hall–Kier alpha value is -2.99. The van der Waals surface area contributed by atoms with Gasteiger partial charge in [-0.3, -0.25) is 9.20 Å². The second-order valence-corrected chi connectivity index (χ2v) is 7.02. The first-order chi connectivity index (χ1) is 12.5. The highest BCUT2D eigenvalue weighted by atomic mass is 32.1. The Morgan fingerprint density at radius 1 is 1.15 bits per heavy atom. The summed E-state index contributed by atoms with van der Waals surface area (Å²) in [6.07, 6.45) is 1.80. The number of nitrogens with zero attached hydrogens (tertiary/aromatic N) is 2. The van der Waals surface area contributed by atoms with Crippen molar-refractivity contribution in [2.24, 2.45) is 0 Å². The maximum Gasteiger partial charge on any atom is 0.273 e. The maximum absolute atomic E-state index is 13.1. The van der Waals surface area contributed by atoms with Crippen molar-refractivity contribution in [2.45, 2.75) is 13.8 Å². The molecule has 4 aromatic rings. The number of rotatable bonds is 3. The summed E-state index contributed by atoms with van der Waals surface area (Å²) in [6.45, 7) is 3.99. The molecule has 0 aliphatic heterocycles. The van der Waals surface area contributed by atoms with Crippen LogP contribution in [-0.2, 0) is 0 Å². The lowest BCUT2D eigenvalue weighted by Gasteiger charge is -2.08. The Morgan fingerprint density at radius 3 is 2.65 bits per heavy atom. The predicted octanol–water partition coefficient (Wildman–Crippen LogP) is 5.07. The highest BCUT2D eigenvalue weighted by Gasteiger charge is 2.16. The summed E-state index contributed by atoms with van der Waals surface area (Å²) in [6, 6.07) is 12.1. The zero-order valence-electron chi connectivity index (χ0n) is 14.3. The Bertz CT molecular complexity index is 1110.